The first-order chi connectivity index (χ1) is 9.11. The largest absolute Gasteiger partial charge is 0.302 e. The molecule has 4 nitrogen and oxygen atoms in total. The molecule has 1 aliphatic rings. The number of rotatable bonds is 6. The van der Waals surface area contributed by atoms with Crippen molar-refractivity contribution < 1.29 is 0 Å². The fourth-order valence-electron chi connectivity index (χ4n) is 2.67. The summed E-state index contributed by atoms with van der Waals surface area (Å²) in [6.07, 6.45) is 2.74. The second kappa shape index (κ2) is 6.86. The van der Waals surface area contributed by atoms with Crippen LogP contribution < -0.4 is 0 Å². The molecule has 0 amide bonds. The van der Waals surface area contributed by atoms with Crippen molar-refractivity contribution in [2.75, 3.05) is 33.2 Å². The van der Waals surface area contributed by atoms with Gasteiger partial charge in [-0.05, 0) is 62.8 Å². The molecule has 108 valence electrons. The molecular weight excluding hydrogens is 304 g/mol. The minimum Gasteiger partial charge on any atom is -0.302 e. The van der Waals surface area contributed by atoms with Crippen LogP contribution in [-0.2, 0) is 13.1 Å². The molecule has 5 heteroatoms. The van der Waals surface area contributed by atoms with Crippen LogP contribution in [0.3, 0.4) is 0 Å². The minimum atomic E-state index is 0.932. The summed E-state index contributed by atoms with van der Waals surface area (Å²) < 4.78 is 3.27. The van der Waals surface area contributed by atoms with Gasteiger partial charge in [0.05, 0.1) is 15.9 Å². The summed E-state index contributed by atoms with van der Waals surface area (Å²) >= 11 is 3.67. The lowest BCUT2D eigenvalue weighted by molar-refractivity contribution is 0.247. The molecule has 0 bridgehead atoms. The lowest BCUT2D eigenvalue weighted by Crippen LogP contribution is -2.31. The average Bonchev–Trinajstić information content (AvgIpc) is 3.00. The van der Waals surface area contributed by atoms with Gasteiger partial charge in [-0.2, -0.15) is 5.10 Å². The molecule has 0 radical (unpaired) electrons. The molecule has 2 heterocycles. The Morgan fingerprint density at radius 2 is 2.00 bits per heavy atom. The van der Waals surface area contributed by atoms with E-state index in [1.165, 1.54) is 42.6 Å². The first-order valence-electron chi connectivity index (χ1n) is 7.24. The third-order valence-corrected chi connectivity index (χ3v) is 4.90. The van der Waals surface area contributed by atoms with Gasteiger partial charge in [0.1, 0.15) is 0 Å². The van der Waals surface area contributed by atoms with Crippen molar-refractivity contribution in [1.82, 2.24) is 19.6 Å². The highest BCUT2D eigenvalue weighted by atomic mass is 79.9. The topological polar surface area (TPSA) is 24.3 Å². The second-order valence-corrected chi connectivity index (χ2v) is 6.24. The van der Waals surface area contributed by atoms with Gasteiger partial charge in [0.25, 0.3) is 0 Å². The first kappa shape index (κ1) is 15.0. The summed E-state index contributed by atoms with van der Waals surface area (Å²) in [5.74, 6) is 0. The number of likely N-dealkylation sites (N-methyl/N-ethyl adjacent to an activating group) is 1. The van der Waals surface area contributed by atoms with Crippen molar-refractivity contribution in [2.45, 2.75) is 39.8 Å². The van der Waals surface area contributed by atoms with Crippen LogP contribution in [-0.4, -0.2) is 52.8 Å². The molecule has 1 saturated heterocycles. The Bertz CT molecular complexity index is 410. The fourth-order valence-corrected chi connectivity index (χ4v) is 3.08. The van der Waals surface area contributed by atoms with Crippen molar-refractivity contribution in [3.63, 3.8) is 0 Å². The lowest BCUT2D eigenvalue weighted by Gasteiger charge is -2.21. The van der Waals surface area contributed by atoms with E-state index >= 15 is 0 Å². The summed E-state index contributed by atoms with van der Waals surface area (Å²) in [7, 11) is 2.20. The van der Waals surface area contributed by atoms with E-state index in [1.807, 2.05) is 0 Å². The molecule has 0 spiro atoms. The summed E-state index contributed by atoms with van der Waals surface area (Å²) in [5.41, 5.74) is 2.38. The molecule has 1 aromatic rings. The molecule has 0 aromatic carbocycles. The van der Waals surface area contributed by atoms with Crippen LogP contribution in [0.1, 0.15) is 31.2 Å². The van der Waals surface area contributed by atoms with Crippen molar-refractivity contribution in [1.29, 1.82) is 0 Å². The lowest BCUT2D eigenvalue weighted by atomic mass is 10.3. The number of hydrogen-bond donors (Lipinski definition) is 0. The zero-order valence-corrected chi connectivity index (χ0v) is 13.9. The third-order valence-electron chi connectivity index (χ3n) is 3.87. The van der Waals surface area contributed by atoms with Crippen LogP contribution in [0, 0.1) is 6.92 Å². The van der Waals surface area contributed by atoms with Gasteiger partial charge in [0, 0.05) is 26.2 Å². The molecule has 1 fully saturated rings. The smallest absolute Gasteiger partial charge is 0.0739 e. The van der Waals surface area contributed by atoms with Gasteiger partial charge in [0.2, 0.25) is 0 Å². The van der Waals surface area contributed by atoms with Crippen molar-refractivity contribution in [3.05, 3.63) is 15.9 Å². The number of likely N-dealkylation sites (tertiary alicyclic amines) is 1. The van der Waals surface area contributed by atoms with Crippen molar-refractivity contribution in [2.24, 2.45) is 0 Å². The van der Waals surface area contributed by atoms with E-state index in [1.54, 1.807) is 0 Å². The number of aromatic nitrogens is 2. The van der Waals surface area contributed by atoms with Crippen molar-refractivity contribution in [3.8, 4) is 0 Å². The van der Waals surface area contributed by atoms with Gasteiger partial charge in [-0.15, -0.1) is 0 Å². The van der Waals surface area contributed by atoms with Crippen LogP contribution in [0.15, 0.2) is 4.47 Å². The number of halogens is 1. The Morgan fingerprint density at radius 1 is 1.32 bits per heavy atom. The van der Waals surface area contributed by atoms with Gasteiger partial charge in [-0.1, -0.05) is 0 Å². The maximum atomic E-state index is 4.55. The summed E-state index contributed by atoms with van der Waals surface area (Å²) in [5, 5.41) is 4.55. The number of nitrogens with zero attached hydrogens (tertiary/aromatic N) is 4. The zero-order chi connectivity index (χ0) is 13.8. The van der Waals surface area contributed by atoms with Crippen LogP contribution in [0.4, 0.5) is 0 Å². The van der Waals surface area contributed by atoms with E-state index in [9.17, 15) is 0 Å². The number of hydrogen-bond acceptors (Lipinski definition) is 3. The molecule has 19 heavy (non-hydrogen) atoms. The van der Waals surface area contributed by atoms with Gasteiger partial charge >= 0.3 is 0 Å². The van der Waals surface area contributed by atoms with E-state index in [-0.39, 0.29) is 0 Å². The predicted molar refractivity (Wildman–Crippen MR) is 82.3 cm³/mol. The van der Waals surface area contributed by atoms with Crippen molar-refractivity contribution >= 4 is 15.9 Å². The molecule has 2 rings (SSSR count). The maximum Gasteiger partial charge on any atom is 0.0739 e. The third kappa shape index (κ3) is 3.80. The molecule has 0 atom stereocenters. The van der Waals surface area contributed by atoms with Crippen LogP contribution in [0.2, 0.25) is 0 Å². The Morgan fingerprint density at radius 3 is 2.63 bits per heavy atom. The predicted octanol–water partition coefficient (Wildman–Crippen LogP) is 2.50. The van der Waals surface area contributed by atoms with E-state index in [2.05, 4.69) is 56.4 Å². The Balaban J connectivity index is 1.88. The Kier molecular flexibility index (Phi) is 5.42. The Labute approximate surface area is 124 Å². The average molecular weight is 329 g/mol. The van der Waals surface area contributed by atoms with Crippen LogP contribution in [0.25, 0.3) is 0 Å². The SMILES string of the molecule is CCn1nc(C)c(Br)c1CN(C)CCN1CCCC1. The standard InChI is InChI=1S/C14H25BrN4/c1-4-19-13(14(15)12(2)16-19)11-17(3)9-10-18-7-5-6-8-18/h4-11H2,1-3H3. The van der Waals surface area contributed by atoms with E-state index in [0.29, 0.717) is 0 Å². The van der Waals surface area contributed by atoms with E-state index < -0.39 is 0 Å². The van der Waals surface area contributed by atoms with E-state index in [4.69, 9.17) is 0 Å². The normalized spacial score (nSPS) is 16.7. The minimum absolute atomic E-state index is 0.932. The van der Waals surface area contributed by atoms with Crippen LogP contribution in [0.5, 0.6) is 0 Å². The first-order valence-corrected chi connectivity index (χ1v) is 8.03. The summed E-state index contributed by atoms with van der Waals surface area (Å²) in [6.45, 7) is 11.0. The van der Waals surface area contributed by atoms with E-state index in [0.717, 1.165) is 25.3 Å². The molecule has 0 aliphatic carbocycles. The molecule has 1 aliphatic heterocycles. The maximum absolute atomic E-state index is 4.55. The Hall–Kier alpha value is -0.390. The van der Waals surface area contributed by atoms with Gasteiger partial charge in [-0.3, -0.25) is 9.58 Å². The zero-order valence-electron chi connectivity index (χ0n) is 12.3. The summed E-state index contributed by atoms with van der Waals surface area (Å²) in [4.78, 5) is 4.96. The monoisotopic (exact) mass is 328 g/mol. The molecule has 0 saturated carbocycles. The van der Waals surface area contributed by atoms with Gasteiger partial charge < -0.3 is 4.90 Å². The molecule has 0 unspecified atom stereocenters. The molecule has 1 aromatic heterocycles. The van der Waals surface area contributed by atoms with Gasteiger partial charge in [-0.25, -0.2) is 0 Å². The summed E-state index contributed by atoms with van der Waals surface area (Å²) in [6, 6.07) is 0. The molecular formula is C14H25BrN4. The molecule has 0 N–H and O–H groups in total. The highest BCUT2D eigenvalue weighted by molar-refractivity contribution is 9.10. The quantitative estimate of drug-likeness (QED) is 0.801. The van der Waals surface area contributed by atoms with Crippen LogP contribution >= 0.6 is 15.9 Å². The second-order valence-electron chi connectivity index (χ2n) is 5.45. The number of aryl methyl sites for hydroxylation is 2. The highest BCUT2D eigenvalue weighted by Gasteiger charge is 2.15. The highest BCUT2D eigenvalue weighted by Crippen LogP contribution is 2.22. The fraction of sp³-hybridized carbons (Fsp3) is 0.786. The van der Waals surface area contributed by atoms with Gasteiger partial charge in [0.15, 0.2) is 0 Å².